The smallest absolute Gasteiger partial charge is 0.293 e. The van der Waals surface area contributed by atoms with E-state index < -0.39 is 0 Å². The molecule has 1 amide bonds. The molecule has 5 nitrogen and oxygen atoms in total. The van der Waals surface area contributed by atoms with Crippen LogP contribution in [-0.4, -0.2) is 19.1 Å². The lowest BCUT2D eigenvalue weighted by Crippen LogP contribution is -2.46. The van der Waals surface area contributed by atoms with Crippen LogP contribution in [0.4, 0.5) is 5.69 Å². The maximum Gasteiger partial charge on any atom is 0.293 e. The van der Waals surface area contributed by atoms with E-state index in [1.807, 2.05) is 54.9 Å². The molecule has 3 rings (SSSR count). The average molecular weight is 299 g/mol. The number of carbonyl (C=O) groups is 1. The second-order valence-electron chi connectivity index (χ2n) is 5.27. The fourth-order valence-corrected chi connectivity index (χ4v) is 2.47. The third kappa shape index (κ3) is 2.88. The summed E-state index contributed by atoms with van der Waals surface area (Å²) in [6, 6.07) is 11.0. The van der Waals surface area contributed by atoms with Gasteiger partial charge in [-0.05, 0) is 12.1 Å². The van der Waals surface area contributed by atoms with Crippen LogP contribution in [0.1, 0.15) is 18.7 Å². The zero-order chi connectivity index (χ0) is 15.5. The van der Waals surface area contributed by atoms with Crippen molar-refractivity contribution in [2.24, 2.45) is 0 Å². The minimum absolute atomic E-state index is 0.0732. The summed E-state index contributed by atoms with van der Waals surface area (Å²) in [4.78, 5) is 12.4. The van der Waals surface area contributed by atoms with Gasteiger partial charge in [-0.15, -0.1) is 0 Å². The lowest BCUT2D eigenvalue weighted by molar-refractivity contribution is -0.711. The molecule has 2 heterocycles. The van der Waals surface area contributed by atoms with Crippen molar-refractivity contribution in [1.82, 2.24) is 0 Å². The molecule has 0 spiro atoms. The number of aryl methyl sites for hydroxylation is 1. The van der Waals surface area contributed by atoms with Gasteiger partial charge >= 0.3 is 0 Å². The molecule has 0 unspecified atom stereocenters. The van der Waals surface area contributed by atoms with Crippen LogP contribution in [0, 0.1) is 6.92 Å². The van der Waals surface area contributed by atoms with E-state index in [1.165, 1.54) is 0 Å². The molecule has 0 saturated carbocycles. The minimum atomic E-state index is -0.297. The number of hydrogen-bond acceptors (Lipinski definition) is 3. The van der Waals surface area contributed by atoms with Crippen molar-refractivity contribution in [3.63, 3.8) is 0 Å². The fraction of sp³-hybridized carbons (Fsp3) is 0.294. The number of aromatic nitrogens is 1. The van der Waals surface area contributed by atoms with Gasteiger partial charge in [-0.1, -0.05) is 6.07 Å². The Labute approximate surface area is 129 Å². The van der Waals surface area contributed by atoms with Crippen LogP contribution < -0.4 is 19.4 Å². The van der Waals surface area contributed by atoms with Gasteiger partial charge in [0, 0.05) is 37.7 Å². The molecule has 0 bridgehead atoms. The molecule has 22 heavy (non-hydrogen) atoms. The molecule has 1 N–H and O–H groups in total. The second-order valence-corrected chi connectivity index (χ2v) is 5.27. The van der Waals surface area contributed by atoms with Gasteiger partial charge in [0.2, 0.25) is 6.04 Å². The maximum absolute atomic E-state index is 12.4. The molecule has 2 aromatic rings. The molecule has 1 aliphatic rings. The number of carbonyl (C=O) groups excluding carboxylic acids is 1. The highest BCUT2D eigenvalue weighted by Crippen LogP contribution is 2.32. The predicted molar refractivity (Wildman–Crippen MR) is 82.1 cm³/mol. The molecule has 0 radical (unpaired) electrons. The van der Waals surface area contributed by atoms with Crippen LogP contribution in [-0.2, 0) is 4.79 Å². The molecule has 0 fully saturated rings. The van der Waals surface area contributed by atoms with E-state index in [0.717, 1.165) is 5.69 Å². The summed E-state index contributed by atoms with van der Waals surface area (Å²) in [5.41, 5.74) is 1.74. The highest BCUT2D eigenvalue weighted by atomic mass is 16.6. The van der Waals surface area contributed by atoms with Gasteiger partial charge in [0.05, 0.1) is 0 Å². The fourth-order valence-electron chi connectivity index (χ4n) is 2.47. The van der Waals surface area contributed by atoms with Crippen molar-refractivity contribution in [2.45, 2.75) is 19.9 Å². The Bertz CT molecular complexity index is 700. The SMILES string of the molecule is Cc1cccc[n+]1[C@@H](C)C(=O)Nc1ccc2c(c1)OCCO2. The molecule has 1 aromatic carbocycles. The molecule has 1 aliphatic heterocycles. The largest absolute Gasteiger partial charge is 0.486 e. The van der Waals surface area contributed by atoms with E-state index in [-0.39, 0.29) is 11.9 Å². The topological polar surface area (TPSA) is 51.4 Å². The first-order chi connectivity index (χ1) is 10.6. The lowest BCUT2D eigenvalue weighted by Gasteiger charge is -2.19. The number of rotatable bonds is 3. The van der Waals surface area contributed by atoms with E-state index in [2.05, 4.69) is 5.32 Å². The number of benzene rings is 1. The Kier molecular flexibility index (Phi) is 3.96. The Morgan fingerprint density at radius 1 is 1.18 bits per heavy atom. The third-order valence-corrected chi connectivity index (χ3v) is 3.71. The van der Waals surface area contributed by atoms with Gasteiger partial charge in [0.1, 0.15) is 13.2 Å². The van der Waals surface area contributed by atoms with E-state index in [1.54, 1.807) is 6.07 Å². The van der Waals surface area contributed by atoms with Crippen molar-refractivity contribution >= 4 is 11.6 Å². The van der Waals surface area contributed by atoms with E-state index >= 15 is 0 Å². The predicted octanol–water partition coefficient (Wildman–Crippen LogP) is 2.25. The molecule has 114 valence electrons. The summed E-state index contributed by atoms with van der Waals surface area (Å²) >= 11 is 0. The summed E-state index contributed by atoms with van der Waals surface area (Å²) < 4.78 is 12.9. The highest BCUT2D eigenvalue weighted by Gasteiger charge is 2.24. The van der Waals surface area contributed by atoms with Crippen LogP contribution in [0.3, 0.4) is 0 Å². The molecule has 1 atom stereocenters. The summed E-state index contributed by atoms with van der Waals surface area (Å²) in [6.07, 6.45) is 1.91. The van der Waals surface area contributed by atoms with Crippen molar-refractivity contribution < 1.29 is 18.8 Å². The molecular formula is C17H19N2O3+. The molecule has 0 saturated heterocycles. The summed E-state index contributed by atoms with van der Waals surface area (Å²) in [5.74, 6) is 1.31. The molecule has 1 aromatic heterocycles. The number of anilines is 1. The second kappa shape index (κ2) is 6.05. The number of fused-ring (bicyclic) bond motifs is 1. The Balaban J connectivity index is 1.75. The van der Waals surface area contributed by atoms with Crippen LogP contribution in [0.2, 0.25) is 0 Å². The van der Waals surface area contributed by atoms with Crippen LogP contribution >= 0.6 is 0 Å². The molecule has 0 aliphatic carbocycles. The quantitative estimate of drug-likeness (QED) is 0.885. The van der Waals surface area contributed by atoms with Crippen LogP contribution in [0.15, 0.2) is 42.6 Å². The number of ether oxygens (including phenoxy) is 2. The van der Waals surface area contributed by atoms with Crippen LogP contribution in [0.5, 0.6) is 11.5 Å². The normalized spacial score (nSPS) is 14.3. The Morgan fingerprint density at radius 3 is 2.73 bits per heavy atom. The monoisotopic (exact) mass is 299 g/mol. The summed E-state index contributed by atoms with van der Waals surface area (Å²) in [7, 11) is 0. The average Bonchev–Trinajstić information content (AvgIpc) is 2.54. The van der Waals surface area contributed by atoms with Gasteiger partial charge in [-0.25, -0.2) is 0 Å². The first-order valence-corrected chi connectivity index (χ1v) is 7.32. The van der Waals surface area contributed by atoms with Crippen molar-refractivity contribution in [1.29, 1.82) is 0 Å². The lowest BCUT2D eigenvalue weighted by atomic mass is 10.2. The third-order valence-electron chi connectivity index (χ3n) is 3.71. The van der Waals surface area contributed by atoms with Gasteiger partial charge in [0.15, 0.2) is 23.4 Å². The number of hydrogen-bond donors (Lipinski definition) is 1. The maximum atomic E-state index is 12.4. The van der Waals surface area contributed by atoms with Gasteiger partial charge < -0.3 is 14.8 Å². The van der Waals surface area contributed by atoms with E-state index in [9.17, 15) is 4.79 Å². The van der Waals surface area contributed by atoms with Crippen LogP contribution in [0.25, 0.3) is 0 Å². The zero-order valence-electron chi connectivity index (χ0n) is 12.7. The number of pyridine rings is 1. The van der Waals surface area contributed by atoms with Gasteiger partial charge in [-0.2, -0.15) is 4.57 Å². The Morgan fingerprint density at radius 2 is 1.95 bits per heavy atom. The van der Waals surface area contributed by atoms with Crippen molar-refractivity contribution in [3.05, 3.63) is 48.3 Å². The van der Waals surface area contributed by atoms with E-state index in [0.29, 0.717) is 30.4 Å². The molecule has 5 heteroatoms. The first kappa shape index (κ1) is 14.4. The minimum Gasteiger partial charge on any atom is -0.486 e. The number of nitrogens with one attached hydrogen (secondary N) is 1. The van der Waals surface area contributed by atoms with E-state index in [4.69, 9.17) is 9.47 Å². The standard InChI is InChI=1S/C17H18N2O3/c1-12-5-3-4-8-19(12)13(2)17(20)18-14-6-7-15-16(11-14)22-10-9-21-15/h3-8,11,13H,9-10H2,1-2H3/p+1/t13-/m0/s1. The first-order valence-electron chi connectivity index (χ1n) is 7.32. The highest BCUT2D eigenvalue weighted by molar-refractivity contribution is 5.92. The van der Waals surface area contributed by atoms with Crippen molar-refractivity contribution in [3.8, 4) is 11.5 Å². The van der Waals surface area contributed by atoms with Crippen molar-refractivity contribution in [2.75, 3.05) is 18.5 Å². The van der Waals surface area contributed by atoms with Gasteiger partial charge in [0.25, 0.3) is 5.91 Å². The molecular weight excluding hydrogens is 280 g/mol. The number of amides is 1. The summed E-state index contributed by atoms with van der Waals surface area (Å²) in [6.45, 7) is 4.94. The number of nitrogens with zero attached hydrogens (tertiary/aromatic N) is 1. The Hall–Kier alpha value is -2.56. The zero-order valence-corrected chi connectivity index (χ0v) is 12.7. The summed E-state index contributed by atoms with van der Waals surface area (Å²) in [5, 5.41) is 2.92. The van der Waals surface area contributed by atoms with Gasteiger partial charge in [-0.3, -0.25) is 4.79 Å².